The summed E-state index contributed by atoms with van der Waals surface area (Å²) < 4.78 is 3.87. The van der Waals surface area contributed by atoms with Gasteiger partial charge in [0.1, 0.15) is 11.9 Å². The number of β-lactam (4-membered cyclic amide) rings is 1. The summed E-state index contributed by atoms with van der Waals surface area (Å²) >= 11 is 2.99. The van der Waals surface area contributed by atoms with Crippen molar-refractivity contribution in [3.63, 3.8) is 0 Å². The van der Waals surface area contributed by atoms with Gasteiger partial charge in [-0.2, -0.15) is 4.40 Å². The predicted molar refractivity (Wildman–Crippen MR) is 111 cm³/mol. The normalized spacial score (nSPS) is 24.3. The zero-order valence-electron chi connectivity index (χ0n) is 16.7. The zero-order chi connectivity index (χ0) is 21.9. The molecule has 30 heavy (non-hydrogen) atoms. The first-order valence-corrected chi connectivity index (χ1v) is 11.6. The Morgan fingerprint density at radius 2 is 2.13 bits per heavy atom. The first-order chi connectivity index (χ1) is 14.2. The Bertz CT molecular complexity index is 1100. The van der Waals surface area contributed by atoms with Crippen LogP contribution in [-0.2, 0) is 20.9 Å². The van der Waals surface area contributed by atoms with Crippen LogP contribution in [0.15, 0.2) is 23.2 Å². The molecule has 4 atom stereocenters. The second-order valence-electron chi connectivity index (χ2n) is 7.66. The highest BCUT2D eigenvalue weighted by Gasteiger charge is 2.60. The Balaban J connectivity index is 1.78. The van der Waals surface area contributed by atoms with Crippen molar-refractivity contribution in [3.8, 4) is 0 Å². The average molecular weight is 452 g/mol. The van der Waals surface area contributed by atoms with Gasteiger partial charge in [0, 0.05) is 11.5 Å². The number of hydrogen-bond donors (Lipinski definition) is 3. The fraction of sp³-hybridized carbons (Fsp3) is 0.474. The molecule has 0 spiro atoms. The van der Waals surface area contributed by atoms with Gasteiger partial charge in [0.2, 0.25) is 21.7 Å². The van der Waals surface area contributed by atoms with Gasteiger partial charge in [0.15, 0.2) is 0 Å². The highest BCUT2D eigenvalue weighted by molar-refractivity contribution is 7.98. The number of carboxylic acid groups (broad SMARTS) is 1. The SMILES string of the molecule is CSc1c2sc(C3=C(C(=O)O)N4C(=O)[C@H]([C@@H](C)O)[C@@H]4C3C)cn2c[n+]1CCC(N)=O. The summed E-state index contributed by atoms with van der Waals surface area (Å²) in [7, 11) is 0. The minimum atomic E-state index is -1.14. The summed E-state index contributed by atoms with van der Waals surface area (Å²) in [6.07, 6.45) is 5.06. The molecule has 160 valence electrons. The number of aromatic nitrogens is 2. The lowest BCUT2D eigenvalue weighted by molar-refractivity contribution is -0.728. The van der Waals surface area contributed by atoms with E-state index in [1.54, 1.807) is 6.92 Å². The number of amides is 2. The number of aliphatic hydroxyl groups excluding tert-OH is 1. The Morgan fingerprint density at radius 3 is 2.70 bits per heavy atom. The average Bonchev–Trinajstić information content (AvgIpc) is 3.26. The fourth-order valence-corrected chi connectivity index (χ4v) is 6.75. The Morgan fingerprint density at radius 1 is 1.43 bits per heavy atom. The Hall–Kier alpha value is -2.37. The van der Waals surface area contributed by atoms with Gasteiger partial charge >= 0.3 is 5.97 Å². The molecular weight excluding hydrogens is 428 g/mol. The number of thioether (sulfide) groups is 1. The number of carboxylic acids is 1. The third kappa shape index (κ3) is 2.95. The molecule has 4 rings (SSSR count). The van der Waals surface area contributed by atoms with Crippen molar-refractivity contribution in [2.24, 2.45) is 17.6 Å². The minimum absolute atomic E-state index is 0.00575. The lowest BCUT2D eigenvalue weighted by atomic mass is 9.77. The molecule has 1 saturated heterocycles. The van der Waals surface area contributed by atoms with E-state index < -0.39 is 18.0 Å². The number of nitrogens with two attached hydrogens (primary N) is 1. The van der Waals surface area contributed by atoms with Gasteiger partial charge in [0.05, 0.1) is 35.9 Å². The molecule has 0 radical (unpaired) electrons. The van der Waals surface area contributed by atoms with Crippen molar-refractivity contribution >= 4 is 51.3 Å². The first-order valence-electron chi connectivity index (χ1n) is 9.52. The van der Waals surface area contributed by atoms with Crippen LogP contribution in [-0.4, -0.2) is 55.7 Å². The van der Waals surface area contributed by atoms with Gasteiger partial charge in [-0.15, -0.1) is 0 Å². The summed E-state index contributed by atoms with van der Waals surface area (Å²) in [6.45, 7) is 3.94. The fourth-order valence-electron chi connectivity index (χ4n) is 4.55. The highest BCUT2D eigenvalue weighted by Crippen LogP contribution is 2.51. The van der Waals surface area contributed by atoms with Crippen LogP contribution >= 0.6 is 23.1 Å². The standard InChI is InChI=1S/C19H22N4O5S2/c1-8-12(15(19(27)28)23-14(8)13(9(2)24)16(23)26)10-6-22-7-21(5-4-11(20)25)17(29-3)18(22)30-10/h6-9,13-14,24H,4-5H2,1-3H3,(H2-,20,25,27,28)/p+1/t8?,9-,13-,14+/m1/s1. The van der Waals surface area contributed by atoms with Crippen molar-refractivity contribution in [2.75, 3.05) is 6.26 Å². The molecule has 2 aromatic heterocycles. The van der Waals surface area contributed by atoms with Gasteiger partial charge in [-0.05, 0) is 13.2 Å². The Kier molecular flexibility index (Phi) is 5.15. The molecule has 0 aliphatic carbocycles. The van der Waals surface area contributed by atoms with E-state index >= 15 is 0 Å². The maximum atomic E-state index is 12.5. The minimum Gasteiger partial charge on any atom is -0.477 e. The van der Waals surface area contributed by atoms with Gasteiger partial charge in [-0.3, -0.25) is 9.59 Å². The third-order valence-corrected chi connectivity index (χ3v) is 7.92. The van der Waals surface area contributed by atoms with E-state index in [2.05, 4.69) is 0 Å². The number of fused-ring (bicyclic) bond motifs is 2. The van der Waals surface area contributed by atoms with Crippen LogP contribution in [0, 0.1) is 11.8 Å². The second kappa shape index (κ2) is 7.40. The van der Waals surface area contributed by atoms with E-state index in [4.69, 9.17) is 5.73 Å². The molecule has 2 aliphatic rings. The molecule has 4 heterocycles. The number of thiazole rings is 1. The monoisotopic (exact) mass is 451 g/mol. The Labute approximate surface area is 180 Å². The van der Waals surface area contributed by atoms with E-state index in [9.17, 15) is 24.6 Å². The zero-order valence-corrected chi connectivity index (χ0v) is 18.4. The third-order valence-electron chi connectivity index (χ3n) is 5.84. The highest BCUT2D eigenvalue weighted by atomic mass is 32.2. The lowest BCUT2D eigenvalue weighted by Crippen LogP contribution is -2.63. The van der Waals surface area contributed by atoms with Gasteiger partial charge < -0.3 is 20.8 Å². The van der Waals surface area contributed by atoms with Crippen LogP contribution < -0.4 is 10.3 Å². The molecule has 0 bridgehead atoms. The van der Waals surface area contributed by atoms with E-state index in [0.29, 0.717) is 12.1 Å². The first kappa shape index (κ1) is 20.9. The molecule has 11 heteroatoms. The maximum absolute atomic E-state index is 12.5. The van der Waals surface area contributed by atoms with Gasteiger partial charge in [-0.1, -0.05) is 30.0 Å². The van der Waals surface area contributed by atoms with Gasteiger partial charge in [0.25, 0.3) is 6.33 Å². The number of imidazole rings is 1. The van der Waals surface area contributed by atoms with E-state index in [-0.39, 0.29) is 35.9 Å². The number of carbonyl (C=O) groups is 3. The van der Waals surface area contributed by atoms with Gasteiger partial charge in [-0.25, -0.2) is 9.36 Å². The topological polar surface area (TPSA) is 129 Å². The quantitative estimate of drug-likeness (QED) is 0.320. The molecule has 0 saturated carbocycles. The molecule has 2 amide bonds. The number of hydrogen-bond acceptors (Lipinski definition) is 6. The molecule has 1 unspecified atom stereocenters. The lowest BCUT2D eigenvalue weighted by Gasteiger charge is -2.46. The second-order valence-corrected chi connectivity index (χ2v) is 9.49. The molecule has 0 aromatic carbocycles. The van der Waals surface area contributed by atoms with Crippen molar-refractivity contribution in [2.45, 2.75) is 44.0 Å². The van der Waals surface area contributed by atoms with Crippen LogP contribution in [0.25, 0.3) is 10.4 Å². The molecule has 9 nitrogen and oxygen atoms in total. The van der Waals surface area contributed by atoms with Crippen LogP contribution in [0.4, 0.5) is 0 Å². The molecule has 1 fully saturated rings. The molecule has 2 aliphatic heterocycles. The van der Waals surface area contributed by atoms with Crippen molar-refractivity contribution in [1.82, 2.24) is 9.30 Å². The summed E-state index contributed by atoms with van der Waals surface area (Å²) in [5, 5.41) is 20.8. The summed E-state index contributed by atoms with van der Waals surface area (Å²) in [5.41, 5.74) is 5.89. The molecule has 4 N–H and O–H groups in total. The van der Waals surface area contributed by atoms with E-state index in [1.807, 2.05) is 34.7 Å². The molecular formula is C19H23N4O5S2+. The van der Waals surface area contributed by atoms with E-state index in [0.717, 1.165) is 14.7 Å². The van der Waals surface area contributed by atoms with Crippen molar-refractivity contribution in [1.29, 1.82) is 0 Å². The summed E-state index contributed by atoms with van der Waals surface area (Å²) in [4.78, 5) is 38.8. The van der Waals surface area contributed by atoms with Crippen LogP contribution in [0.3, 0.4) is 0 Å². The van der Waals surface area contributed by atoms with Crippen LogP contribution in [0.1, 0.15) is 25.1 Å². The number of rotatable bonds is 7. The largest absolute Gasteiger partial charge is 0.477 e. The smallest absolute Gasteiger partial charge is 0.352 e. The van der Waals surface area contributed by atoms with Crippen molar-refractivity contribution in [3.05, 3.63) is 23.1 Å². The number of carbonyl (C=O) groups excluding carboxylic acids is 2. The maximum Gasteiger partial charge on any atom is 0.352 e. The summed E-state index contributed by atoms with van der Waals surface area (Å²) in [5.74, 6) is -2.65. The van der Waals surface area contributed by atoms with E-state index in [1.165, 1.54) is 28.0 Å². The predicted octanol–water partition coefficient (Wildman–Crippen LogP) is 0.539. The number of nitrogens with zero attached hydrogens (tertiary/aromatic N) is 3. The van der Waals surface area contributed by atoms with Crippen molar-refractivity contribution < 1.29 is 29.2 Å². The number of primary amides is 1. The summed E-state index contributed by atoms with van der Waals surface area (Å²) in [6, 6.07) is -0.347. The number of aliphatic hydroxyl groups is 1. The van der Waals surface area contributed by atoms with Crippen LogP contribution in [0.2, 0.25) is 0 Å². The molecule has 2 aromatic rings. The number of aliphatic carboxylic acids is 1. The number of aryl methyl sites for hydroxylation is 1. The van der Waals surface area contributed by atoms with Crippen LogP contribution in [0.5, 0.6) is 0 Å².